The first-order valence-electron chi connectivity index (χ1n) is 12.4. The van der Waals surface area contributed by atoms with Crippen LogP contribution in [0.4, 0.5) is 4.39 Å². The number of aliphatic hydroxyl groups is 1. The third-order valence-corrected chi connectivity index (χ3v) is 7.23. The van der Waals surface area contributed by atoms with Crippen LogP contribution in [-0.2, 0) is 6.54 Å². The number of carbonyl (C=O) groups excluding carboxylic acids is 1. The van der Waals surface area contributed by atoms with Crippen LogP contribution in [0.1, 0.15) is 41.7 Å². The second-order valence-electron chi connectivity index (χ2n) is 9.98. The molecule has 1 saturated carbocycles. The highest BCUT2D eigenvalue weighted by Gasteiger charge is 2.36. The molecule has 3 N–H and O–H groups in total. The number of pyridine rings is 1. The molecule has 1 aliphatic rings. The molecular weight excluding hydrogens is 471 g/mol. The van der Waals surface area contributed by atoms with Crippen molar-refractivity contribution >= 4 is 27.7 Å². The predicted molar refractivity (Wildman–Crippen MR) is 138 cm³/mol. The number of aromatic nitrogens is 5. The lowest BCUT2D eigenvalue weighted by Gasteiger charge is -2.37. The summed E-state index contributed by atoms with van der Waals surface area (Å²) in [7, 11) is 0. The SMILES string of the molecule is Cc1cc(-c2n[nH]c3ccc(C(=O)N[C@@H]4CCC[C@@](O)(Cn5ncc6c(F)cccc65)C4)cc23)ccn1. The van der Waals surface area contributed by atoms with Gasteiger partial charge >= 0.3 is 0 Å². The van der Waals surface area contributed by atoms with Crippen LogP contribution in [0, 0.1) is 12.7 Å². The monoisotopic (exact) mass is 498 g/mol. The van der Waals surface area contributed by atoms with Crippen molar-refractivity contribution in [3.63, 3.8) is 0 Å². The highest BCUT2D eigenvalue weighted by atomic mass is 19.1. The van der Waals surface area contributed by atoms with Crippen molar-refractivity contribution in [2.24, 2.45) is 0 Å². The van der Waals surface area contributed by atoms with Gasteiger partial charge in [0.2, 0.25) is 0 Å². The van der Waals surface area contributed by atoms with E-state index in [0.717, 1.165) is 40.7 Å². The van der Waals surface area contributed by atoms with E-state index in [1.165, 1.54) is 12.3 Å². The minimum atomic E-state index is -1.05. The van der Waals surface area contributed by atoms with E-state index >= 15 is 0 Å². The van der Waals surface area contributed by atoms with Crippen LogP contribution in [0.25, 0.3) is 33.1 Å². The molecular formula is C28H27FN6O2. The first kappa shape index (κ1) is 23.3. The average Bonchev–Trinajstić information content (AvgIpc) is 3.48. The number of halogens is 1. The first-order chi connectivity index (χ1) is 17.9. The standard InChI is InChI=1S/C28H27FN6O2/c1-17-12-18(9-11-30-17)26-21-13-19(7-8-24(21)33-34-26)27(36)32-20-4-3-10-28(37,14-20)16-35-25-6-2-5-23(29)22(25)15-31-35/h2,5-9,11-13,15,20,37H,3-4,10,14,16H2,1H3,(H,32,36)(H,33,34)/t20-,28+/m1/s1. The zero-order valence-electron chi connectivity index (χ0n) is 20.4. The number of H-pyrrole nitrogens is 1. The number of rotatable bonds is 5. The summed E-state index contributed by atoms with van der Waals surface area (Å²) in [6.45, 7) is 2.16. The van der Waals surface area contributed by atoms with Crippen LogP contribution in [0.3, 0.4) is 0 Å². The van der Waals surface area contributed by atoms with Crippen LogP contribution in [0.15, 0.2) is 60.9 Å². The number of hydrogen-bond acceptors (Lipinski definition) is 5. The van der Waals surface area contributed by atoms with Gasteiger partial charge in [0.1, 0.15) is 11.5 Å². The summed E-state index contributed by atoms with van der Waals surface area (Å²) in [6, 6.07) is 14.0. The number of aromatic amines is 1. The molecule has 9 heteroatoms. The molecule has 0 saturated heterocycles. The second kappa shape index (κ2) is 9.08. The third-order valence-electron chi connectivity index (χ3n) is 7.23. The molecule has 8 nitrogen and oxygen atoms in total. The van der Waals surface area contributed by atoms with Gasteiger partial charge < -0.3 is 10.4 Å². The Hall–Kier alpha value is -4.11. The van der Waals surface area contributed by atoms with E-state index in [0.29, 0.717) is 29.3 Å². The summed E-state index contributed by atoms with van der Waals surface area (Å²) >= 11 is 0. The van der Waals surface area contributed by atoms with Gasteiger partial charge in [-0.2, -0.15) is 10.2 Å². The summed E-state index contributed by atoms with van der Waals surface area (Å²) in [4.78, 5) is 17.5. The summed E-state index contributed by atoms with van der Waals surface area (Å²) in [5.74, 6) is -0.526. The Morgan fingerprint density at radius 1 is 1.24 bits per heavy atom. The molecule has 0 bridgehead atoms. The van der Waals surface area contributed by atoms with E-state index in [2.05, 4.69) is 25.6 Å². The average molecular weight is 499 g/mol. The Balaban J connectivity index is 1.20. The Morgan fingerprint density at radius 3 is 3.00 bits per heavy atom. The first-order valence-corrected chi connectivity index (χ1v) is 12.4. The molecule has 2 atom stereocenters. The van der Waals surface area contributed by atoms with Gasteiger partial charge in [-0.1, -0.05) is 6.07 Å². The maximum Gasteiger partial charge on any atom is 0.251 e. The van der Waals surface area contributed by atoms with Gasteiger partial charge in [0.15, 0.2) is 0 Å². The van der Waals surface area contributed by atoms with Crippen molar-refractivity contribution in [3.05, 3.63) is 78.0 Å². The number of aryl methyl sites for hydroxylation is 1. The minimum absolute atomic E-state index is 0.188. The fourth-order valence-corrected chi connectivity index (χ4v) is 5.42. The number of nitrogens with one attached hydrogen (secondary N) is 2. The molecule has 0 radical (unpaired) electrons. The number of carbonyl (C=O) groups is 1. The zero-order valence-corrected chi connectivity index (χ0v) is 20.4. The van der Waals surface area contributed by atoms with E-state index in [1.807, 2.05) is 31.2 Å². The molecule has 5 aromatic rings. The normalized spacial score (nSPS) is 19.9. The number of nitrogens with zero attached hydrogens (tertiary/aromatic N) is 4. The molecule has 0 aliphatic heterocycles. The molecule has 3 aromatic heterocycles. The lowest BCUT2D eigenvalue weighted by Crippen LogP contribution is -2.47. The fraction of sp³-hybridized carbons (Fsp3) is 0.286. The summed E-state index contributed by atoms with van der Waals surface area (Å²) in [5, 5.41) is 27.6. The Bertz CT molecular complexity index is 1630. The van der Waals surface area contributed by atoms with Gasteiger partial charge in [-0.25, -0.2) is 4.39 Å². The van der Waals surface area contributed by atoms with E-state index in [4.69, 9.17) is 0 Å². The molecule has 37 heavy (non-hydrogen) atoms. The highest BCUT2D eigenvalue weighted by molar-refractivity contribution is 6.01. The van der Waals surface area contributed by atoms with Crippen molar-refractivity contribution in [2.75, 3.05) is 0 Å². The van der Waals surface area contributed by atoms with Crippen molar-refractivity contribution in [1.82, 2.24) is 30.3 Å². The fourth-order valence-electron chi connectivity index (χ4n) is 5.42. The lowest BCUT2D eigenvalue weighted by molar-refractivity contribution is -0.0227. The lowest BCUT2D eigenvalue weighted by atomic mass is 9.81. The van der Waals surface area contributed by atoms with Crippen molar-refractivity contribution in [2.45, 2.75) is 50.8 Å². The second-order valence-corrected chi connectivity index (χ2v) is 9.98. The maximum absolute atomic E-state index is 14.1. The molecule has 1 aliphatic carbocycles. The number of hydrogen-bond donors (Lipinski definition) is 3. The van der Waals surface area contributed by atoms with Gasteiger partial charge in [-0.15, -0.1) is 0 Å². The highest BCUT2D eigenvalue weighted by Crippen LogP contribution is 2.32. The zero-order chi connectivity index (χ0) is 25.6. The maximum atomic E-state index is 14.1. The summed E-state index contributed by atoms with van der Waals surface area (Å²) in [5.41, 5.74) is 3.56. The number of fused-ring (bicyclic) bond motifs is 2. The summed E-state index contributed by atoms with van der Waals surface area (Å²) < 4.78 is 15.7. The molecule has 6 rings (SSSR count). The Morgan fingerprint density at radius 2 is 2.14 bits per heavy atom. The van der Waals surface area contributed by atoms with Crippen LogP contribution in [0.5, 0.6) is 0 Å². The van der Waals surface area contributed by atoms with Crippen molar-refractivity contribution < 1.29 is 14.3 Å². The third kappa shape index (κ3) is 4.46. The topological polar surface area (TPSA) is 109 Å². The Labute approximate surface area is 212 Å². The smallest absolute Gasteiger partial charge is 0.251 e. The Kier molecular flexibility index (Phi) is 5.72. The molecule has 1 amide bonds. The van der Waals surface area contributed by atoms with E-state index < -0.39 is 5.60 Å². The van der Waals surface area contributed by atoms with Crippen molar-refractivity contribution in [1.29, 1.82) is 0 Å². The summed E-state index contributed by atoms with van der Waals surface area (Å²) in [6.07, 6.45) is 5.76. The number of benzene rings is 2. The molecule has 2 aromatic carbocycles. The quantitative estimate of drug-likeness (QED) is 0.330. The predicted octanol–water partition coefficient (Wildman–Crippen LogP) is 4.53. The molecule has 1 fully saturated rings. The largest absolute Gasteiger partial charge is 0.388 e. The van der Waals surface area contributed by atoms with Crippen molar-refractivity contribution in [3.8, 4) is 11.3 Å². The van der Waals surface area contributed by atoms with Crippen LogP contribution >= 0.6 is 0 Å². The van der Waals surface area contributed by atoms with Gasteiger partial charge in [-0.3, -0.25) is 19.6 Å². The van der Waals surface area contributed by atoms with Crippen LogP contribution in [0.2, 0.25) is 0 Å². The van der Waals surface area contributed by atoms with Gasteiger partial charge in [0.05, 0.1) is 34.8 Å². The molecule has 3 heterocycles. The van der Waals surface area contributed by atoms with E-state index in [9.17, 15) is 14.3 Å². The van der Waals surface area contributed by atoms with Gasteiger partial charge in [0, 0.05) is 34.4 Å². The molecule has 0 spiro atoms. The molecule has 188 valence electrons. The molecule has 0 unspecified atom stereocenters. The van der Waals surface area contributed by atoms with E-state index in [-0.39, 0.29) is 24.3 Å². The van der Waals surface area contributed by atoms with Crippen LogP contribution < -0.4 is 5.32 Å². The minimum Gasteiger partial charge on any atom is -0.388 e. The van der Waals surface area contributed by atoms with Gasteiger partial charge in [-0.05, 0) is 75.1 Å². The van der Waals surface area contributed by atoms with Crippen LogP contribution in [-0.4, -0.2) is 47.6 Å². The van der Waals surface area contributed by atoms with E-state index in [1.54, 1.807) is 29.1 Å². The number of amides is 1. The van der Waals surface area contributed by atoms with Gasteiger partial charge in [0.25, 0.3) is 5.91 Å².